The van der Waals surface area contributed by atoms with E-state index < -0.39 is 12.5 Å². The van der Waals surface area contributed by atoms with Crippen LogP contribution >= 0.6 is 0 Å². The maximum Gasteiger partial charge on any atom is 0.109 e. The predicted molar refractivity (Wildman–Crippen MR) is 134 cm³/mol. The summed E-state index contributed by atoms with van der Waals surface area (Å²) in [6.07, 6.45) is 23.3. The average Bonchev–Trinajstić information content (AvgIpc) is 2.79. The van der Waals surface area contributed by atoms with Crippen LogP contribution in [0.25, 0.3) is 0 Å². The largest absolute Gasteiger partial charge is 0.381 e. The lowest BCUT2D eigenvalue weighted by Crippen LogP contribution is -2.43. The van der Waals surface area contributed by atoms with Crippen molar-refractivity contribution < 1.29 is 14.9 Å². The van der Waals surface area contributed by atoms with Crippen molar-refractivity contribution in [2.75, 3.05) is 19.8 Å². The normalized spacial score (nSPS) is 13.7. The van der Waals surface area contributed by atoms with Crippen LogP contribution < -0.4 is 0 Å². The molecule has 0 aliphatic rings. The first-order chi connectivity index (χ1) is 15.2. The fraction of sp³-hybridized carbons (Fsp3) is 1.00. The van der Waals surface area contributed by atoms with Crippen molar-refractivity contribution >= 4 is 0 Å². The lowest BCUT2D eigenvalue weighted by Gasteiger charge is -2.31. The van der Waals surface area contributed by atoms with E-state index in [1.165, 1.54) is 96.3 Å². The van der Waals surface area contributed by atoms with Gasteiger partial charge in [-0.25, -0.2) is 0 Å². The first-order valence-electron chi connectivity index (χ1n) is 13.9. The molecule has 0 aliphatic heterocycles. The van der Waals surface area contributed by atoms with Crippen molar-refractivity contribution in [3.05, 3.63) is 0 Å². The Morgan fingerprint density at radius 1 is 0.516 bits per heavy atom. The third-order valence-corrected chi connectivity index (χ3v) is 6.34. The summed E-state index contributed by atoms with van der Waals surface area (Å²) in [6, 6.07) is 0. The van der Waals surface area contributed by atoms with Crippen molar-refractivity contribution in [3.8, 4) is 0 Å². The van der Waals surface area contributed by atoms with Gasteiger partial charge in [0.05, 0.1) is 0 Å². The van der Waals surface area contributed by atoms with Gasteiger partial charge in [-0.2, -0.15) is 0 Å². The summed E-state index contributed by atoms with van der Waals surface area (Å²) < 4.78 is 5.74. The molecule has 0 aromatic carbocycles. The van der Waals surface area contributed by atoms with Crippen LogP contribution in [0.5, 0.6) is 0 Å². The molecular weight excluding hydrogens is 386 g/mol. The van der Waals surface area contributed by atoms with Crippen molar-refractivity contribution in [1.29, 1.82) is 0 Å². The van der Waals surface area contributed by atoms with E-state index in [1.54, 1.807) is 4.90 Å². The number of hydrogen-bond acceptors (Lipinski definition) is 4. The molecule has 0 radical (unpaired) electrons. The van der Waals surface area contributed by atoms with Gasteiger partial charge in [0.25, 0.3) is 0 Å². The van der Waals surface area contributed by atoms with Gasteiger partial charge in [0.2, 0.25) is 0 Å². The van der Waals surface area contributed by atoms with Gasteiger partial charge in [-0.05, 0) is 25.7 Å². The molecule has 2 N–H and O–H groups in total. The lowest BCUT2D eigenvalue weighted by molar-refractivity contribution is -0.106. The van der Waals surface area contributed by atoms with Crippen LogP contribution in [0.3, 0.4) is 0 Å². The Hall–Kier alpha value is -0.160. The topological polar surface area (TPSA) is 52.9 Å². The summed E-state index contributed by atoms with van der Waals surface area (Å²) in [4.78, 5) is 1.78. The quantitative estimate of drug-likeness (QED) is 0.114. The highest BCUT2D eigenvalue weighted by Crippen LogP contribution is 2.14. The SMILES string of the molecule is CCCCCCCCCCCCCCCCCCOCCCN(C(O)CC)C(O)CC. The summed E-state index contributed by atoms with van der Waals surface area (Å²) in [5.41, 5.74) is 0. The predicted octanol–water partition coefficient (Wildman–Crippen LogP) is 7.41. The number of hydrogen-bond donors (Lipinski definition) is 2. The van der Waals surface area contributed by atoms with Crippen molar-refractivity contribution in [1.82, 2.24) is 4.90 Å². The van der Waals surface area contributed by atoms with Crippen LogP contribution in [0.15, 0.2) is 0 Å². The molecule has 0 rings (SSSR count). The summed E-state index contributed by atoms with van der Waals surface area (Å²) in [6.45, 7) is 8.39. The van der Waals surface area contributed by atoms with Crippen molar-refractivity contribution in [2.45, 2.75) is 155 Å². The van der Waals surface area contributed by atoms with E-state index >= 15 is 0 Å². The van der Waals surface area contributed by atoms with E-state index in [-0.39, 0.29) is 0 Å². The Labute approximate surface area is 195 Å². The van der Waals surface area contributed by atoms with Crippen LogP contribution in [-0.2, 0) is 4.74 Å². The summed E-state index contributed by atoms with van der Waals surface area (Å²) in [5.74, 6) is 0. The first-order valence-corrected chi connectivity index (χ1v) is 13.9. The molecule has 0 aliphatic carbocycles. The van der Waals surface area contributed by atoms with Gasteiger partial charge < -0.3 is 14.9 Å². The zero-order chi connectivity index (χ0) is 23.0. The lowest BCUT2D eigenvalue weighted by atomic mass is 10.0. The van der Waals surface area contributed by atoms with Gasteiger partial charge in [-0.3, -0.25) is 4.90 Å². The summed E-state index contributed by atoms with van der Waals surface area (Å²) in [7, 11) is 0. The minimum absolute atomic E-state index is 0.560. The number of rotatable bonds is 25. The van der Waals surface area contributed by atoms with Gasteiger partial charge in [0.1, 0.15) is 12.5 Å². The second kappa shape index (κ2) is 24.5. The fourth-order valence-corrected chi connectivity index (χ4v) is 4.17. The summed E-state index contributed by atoms with van der Waals surface area (Å²) >= 11 is 0. The molecule has 2 atom stereocenters. The number of aliphatic hydroxyl groups is 2. The van der Waals surface area contributed by atoms with Gasteiger partial charge in [-0.1, -0.05) is 117 Å². The maximum absolute atomic E-state index is 10.0. The molecule has 188 valence electrons. The van der Waals surface area contributed by atoms with E-state index in [0.29, 0.717) is 26.0 Å². The van der Waals surface area contributed by atoms with Gasteiger partial charge in [0, 0.05) is 19.8 Å². The van der Waals surface area contributed by atoms with Gasteiger partial charge in [0.15, 0.2) is 0 Å². The Morgan fingerprint density at radius 3 is 1.26 bits per heavy atom. The Morgan fingerprint density at radius 2 is 0.871 bits per heavy atom. The molecule has 0 bridgehead atoms. The highest BCUT2D eigenvalue weighted by atomic mass is 16.5. The highest BCUT2D eigenvalue weighted by Gasteiger charge is 2.19. The van der Waals surface area contributed by atoms with E-state index in [1.807, 2.05) is 13.8 Å². The zero-order valence-corrected chi connectivity index (χ0v) is 21.5. The fourth-order valence-electron chi connectivity index (χ4n) is 4.17. The van der Waals surface area contributed by atoms with Gasteiger partial charge >= 0.3 is 0 Å². The second-order valence-corrected chi connectivity index (χ2v) is 9.28. The third kappa shape index (κ3) is 20.2. The Kier molecular flexibility index (Phi) is 24.4. The molecule has 4 nitrogen and oxygen atoms in total. The van der Waals surface area contributed by atoms with Crippen molar-refractivity contribution in [2.24, 2.45) is 0 Å². The standard InChI is InChI=1S/C27H57NO3/c1-4-7-8-9-10-11-12-13-14-15-16-17-18-19-20-21-24-31-25-22-23-28(26(29)5-2)27(30)6-3/h26-27,29-30H,4-25H2,1-3H3. The van der Waals surface area contributed by atoms with Crippen LogP contribution in [0, 0.1) is 0 Å². The molecule has 0 fully saturated rings. The molecule has 0 saturated carbocycles. The molecule has 2 unspecified atom stereocenters. The Balaban J connectivity index is 3.28. The summed E-state index contributed by atoms with van der Waals surface area (Å²) in [5, 5.41) is 20.0. The molecule has 0 saturated heterocycles. The molecule has 4 heteroatoms. The number of ether oxygens (including phenoxy) is 1. The minimum atomic E-state index is -0.560. The highest BCUT2D eigenvalue weighted by molar-refractivity contribution is 4.64. The Bertz CT molecular complexity index is 330. The minimum Gasteiger partial charge on any atom is -0.381 e. The van der Waals surface area contributed by atoms with E-state index in [0.717, 1.165) is 19.4 Å². The molecular formula is C27H57NO3. The van der Waals surface area contributed by atoms with Crippen molar-refractivity contribution in [3.63, 3.8) is 0 Å². The van der Waals surface area contributed by atoms with E-state index in [4.69, 9.17) is 4.74 Å². The van der Waals surface area contributed by atoms with Crippen LogP contribution in [-0.4, -0.2) is 47.3 Å². The molecule has 0 aromatic heterocycles. The number of nitrogens with zero attached hydrogens (tertiary/aromatic N) is 1. The molecule has 0 aromatic rings. The molecule has 0 amide bonds. The van der Waals surface area contributed by atoms with Crippen LogP contribution in [0.4, 0.5) is 0 Å². The van der Waals surface area contributed by atoms with Crippen LogP contribution in [0.2, 0.25) is 0 Å². The van der Waals surface area contributed by atoms with E-state index in [9.17, 15) is 10.2 Å². The maximum atomic E-state index is 10.0. The monoisotopic (exact) mass is 443 g/mol. The third-order valence-electron chi connectivity index (χ3n) is 6.34. The second-order valence-electron chi connectivity index (χ2n) is 9.28. The van der Waals surface area contributed by atoms with Gasteiger partial charge in [-0.15, -0.1) is 0 Å². The zero-order valence-electron chi connectivity index (χ0n) is 21.5. The molecule has 0 heterocycles. The molecule has 31 heavy (non-hydrogen) atoms. The molecule has 0 spiro atoms. The smallest absolute Gasteiger partial charge is 0.109 e. The first kappa shape index (κ1) is 30.8. The number of aliphatic hydroxyl groups excluding tert-OH is 2. The number of unbranched alkanes of at least 4 members (excludes halogenated alkanes) is 15. The van der Waals surface area contributed by atoms with E-state index in [2.05, 4.69) is 6.92 Å². The van der Waals surface area contributed by atoms with Crippen LogP contribution in [0.1, 0.15) is 143 Å². The average molecular weight is 444 g/mol.